The van der Waals surface area contributed by atoms with Crippen LogP contribution in [0.25, 0.3) is 0 Å². The number of nitrogen functional groups attached to an aromatic ring is 1. The summed E-state index contributed by atoms with van der Waals surface area (Å²) in [6.45, 7) is 4.00. The molecule has 0 radical (unpaired) electrons. The SMILES string of the molecule is CC.COc1ccccc1C1(Nc2ncc(C(=O)NN)cn2)CC1. The van der Waals surface area contributed by atoms with E-state index >= 15 is 0 Å². The number of aromatic nitrogens is 2. The number of nitrogens with one attached hydrogen (secondary N) is 2. The van der Waals surface area contributed by atoms with E-state index in [1.165, 1.54) is 12.4 Å². The Morgan fingerprint density at radius 3 is 2.38 bits per heavy atom. The van der Waals surface area contributed by atoms with Crippen molar-refractivity contribution >= 4 is 11.9 Å². The fraction of sp³-hybridized carbons (Fsp3) is 0.353. The smallest absolute Gasteiger partial charge is 0.268 e. The predicted octanol–water partition coefficient (Wildman–Crippen LogP) is 2.22. The largest absolute Gasteiger partial charge is 0.496 e. The Balaban J connectivity index is 0.00000100. The Kier molecular flexibility index (Phi) is 5.70. The molecule has 1 aromatic carbocycles. The van der Waals surface area contributed by atoms with Crippen LogP contribution in [0, 0.1) is 0 Å². The van der Waals surface area contributed by atoms with Gasteiger partial charge in [-0.2, -0.15) is 0 Å². The number of hydrazine groups is 1. The maximum atomic E-state index is 11.4. The molecule has 1 aliphatic rings. The highest BCUT2D eigenvalue weighted by Gasteiger charge is 2.46. The lowest BCUT2D eigenvalue weighted by atomic mass is 10.0. The number of ether oxygens (including phenoxy) is 1. The van der Waals surface area contributed by atoms with Crippen LogP contribution in [-0.2, 0) is 5.54 Å². The number of hydrogen-bond acceptors (Lipinski definition) is 6. The van der Waals surface area contributed by atoms with Gasteiger partial charge in [0, 0.05) is 18.0 Å². The molecule has 1 heterocycles. The van der Waals surface area contributed by atoms with Gasteiger partial charge in [-0.3, -0.25) is 10.2 Å². The molecule has 1 aliphatic carbocycles. The predicted molar refractivity (Wildman–Crippen MR) is 92.6 cm³/mol. The van der Waals surface area contributed by atoms with Gasteiger partial charge < -0.3 is 10.1 Å². The average molecular weight is 329 g/mol. The number of carbonyl (C=O) groups is 1. The summed E-state index contributed by atoms with van der Waals surface area (Å²) in [5.41, 5.74) is 3.25. The van der Waals surface area contributed by atoms with Gasteiger partial charge in [-0.25, -0.2) is 15.8 Å². The van der Waals surface area contributed by atoms with Crippen molar-refractivity contribution in [1.29, 1.82) is 0 Å². The molecule has 1 amide bonds. The molecule has 7 nitrogen and oxygen atoms in total. The minimum Gasteiger partial charge on any atom is -0.496 e. The third-order valence-electron chi connectivity index (χ3n) is 3.77. The highest BCUT2D eigenvalue weighted by atomic mass is 16.5. The van der Waals surface area contributed by atoms with Gasteiger partial charge in [-0.1, -0.05) is 32.0 Å². The number of rotatable bonds is 5. The number of benzene rings is 1. The Morgan fingerprint density at radius 1 is 1.21 bits per heavy atom. The standard InChI is InChI=1S/C15H17N5O2.C2H6/c1-22-12-5-3-2-4-11(12)15(6-7-15)19-14-17-8-10(9-18-14)13(21)20-16;1-2/h2-5,8-9H,6-7,16H2,1H3,(H,20,21)(H,17,18,19);1-2H3. The van der Waals surface area contributed by atoms with Gasteiger partial charge in [0.2, 0.25) is 5.95 Å². The van der Waals surface area contributed by atoms with Gasteiger partial charge in [0.15, 0.2) is 0 Å². The minimum atomic E-state index is -0.419. The molecule has 1 saturated carbocycles. The van der Waals surface area contributed by atoms with Crippen LogP contribution >= 0.6 is 0 Å². The zero-order chi connectivity index (χ0) is 17.6. The van der Waals surface area contributed by atoms with Crippen LogP contribution in [0.2, 0.25) is 0 Å². The van der Waals surface area contributed by atoms with Gasteiger partial charge in [0.25, 0.3) is 5.91 Å². The number of amides is 1. The number of anilines is 1. The van der Waals surface area contributed by atoms with Crippen molar-refractivity contribution in [3.05, 3.63) is 47.8 Å². The van der Waals surface area contributed by atoms with Gasteiger partial charge in [-0.15, -0.1) is 0 Å². The summed E-state index contributed by atoms with van der Waals surface area (Å²) in [5, 5.41) is 3.34. The topological polar surface area (TPSA) is 102 Å². The second kappa shape index (κ2) is 7.74. The third kappa shape index (κ3) is 3.62. The van der Waals surface area contributed by atoms with Crippen molar-refractivity contribution in [1.82, 2.24) is 15.4 Å². The monoisotopic (exact) mass is 329 g/mol. The van der Waals surface area contributed by atoms with Crippen LogP contribution in [0.4, 0.5) is 5.95 Å². The lowest BCUT2D eigenvalue weighted by Gasteiger charge is -2.20. The molecule has 3 rings (SSSR count). The normalized spacial score (nSPS) is 14.0. The number of nitrogens with two attached hydrogens (primary N) is 1. The molecule has 0 unspecified atom stereocenters. The molecule has 7 heteroatoms. The molecule has 2 aromatic rings. The fourth-order valence-electron chi connectivity index (χ4n) is 2.43. The van der Waals surface area contributed by atoms with Crippen LogP contribution in [-0.4, -0.2) is 23.0 Å². The second-order valence-electron chi connectivity index (χ2n) is 5.18. The zero-order valence-corrected chi connectivity index (χ0v) is 14.2. The van der Waals surface area contributed by atoms with E-state index in [9.17, 15) is 4.79 Å². The minimum absolute atomic E-state index is 0.204. The summed E-state index contributed by atoms with van der Waals surface area (Å²) in [7, 11) is 1.66. The Morgan fingerprint density at radius 2 is 1.83 bits per heavy atom. The molecular weight excluding hydrogens is 306 g/mol. The van der Waals surface area contributed by atoms with Gasteiger partial charge >= 0.3 is 0 Å². The summed E-state index contributed by atoms with van der Waals surface area (Å²) in [6, 6.07) is 7.89. The highest BCUT2D eigenvalue weighted by molar-refractivity contribution is 5.93. The first-order chi connectivity index (χ1) is 11.7. The molecular formula is C17H23N5O2. The van der Waals surface area contributed by atoms with Crippen LogP contribution < -0.4 is 21.3 Å². The molecule has 128 valence electrons. The third-order valence-corrected chi connectivity index (χ3v) is 3.77. The van der Waals surface area contributed by atoms with Crippen LogP contribution in [0.15, 0.2) is 36.7 Å². The molecule has 0 spiro atoms. The average Bonchev–Trinajstić information content (AvgIpc) is 3.44. The quantitative estimate of drug-likeness (QED) is 0.441. The summed E-state index contributed by atoms with van der Waals surface area (Å²) < 4.78 is 5.43. The van der Waals surface area contributed by atoms with Crippen molar-refractivity contribution in [2.75, 3.05) is 12.4 Å². The van der Waals surface area contributed by atoms with Crippen molar-refractivity contribution in [2.45, 2.75) is 32.2 Å². The fourth-order valence-corrected chi connectivity index (χ4v) is 2.43. The molecule has 1 fully saturated rings. The van der Waals surface area contributed by atoms with E-state index in [0.717, 1.165) is 24.2 Å². The van der Waals surface area contributed by atoms with Crippen LogP contribution in [0.1, 0.15) is 42.6 Å². The van der Waals surface area contributed by atoms with E-state index in [2.05, 4.69) is 15.3 Å². The van der Waals surface area contributed by atoms with E-state index in [0.29, 0.717) is 11.5 Å². The number of para-hydroxylation sites is 1. The molecule has 24 heavy (non-hydrogen) atoms. The van der Waals surface area contributed by atoms with E-state index < -0.39 is 5.91 Å². The maximum Gasteiger partial charge on any atom is 0.268 e. The van der Waals surface area contributed by atoms with Crippen molar-refractivity contribution in [3.63, 3.8) is 0 Å². The Labute approximate surface area is 141 Å². The first kappa shape index (κ1) is 17.7. The second-order valence-corrected chi connectivity index (χ2v) is 5.18. The van der Waals surface area contributed by atoms with Crippen LogP contribution in [0.5, 0.6) is 5.75 Å². The van der Waals surface area contributed by atoms with E-state index in [4.69, 9.17) is 10.6 Å². The number of methoxy groups -OCH3 is 1. The van der Waals surface area contributed by atoms with Crippen molar-refractivity contribution in [3.8, 4) is 5.75 Å². The lowest BCUT2D eigenvalue weighted by molar-refractivity contribution is 0.0953. The Bertz CT molecular complexity index is 684. The van der Waals surface area contributed by atoms with Gasteiger partial charge in [0.1, 0.15) is 5.75 Å². The Hall–Kier alpha value is -2.67. The lowest BCUT2D eigenvalue weighted by Crippen LogP contribution is -2.30. The van der Waals surface area contributed by atoms with Gasteiger partial charge in [-0.05, 0) is 18.9 Å². The molecule has 0 bridgehead atoms. The zero-order valence-electron chi connectivity index (χ0n) is 14.2. The summed E-state index contributed by atoms with van der Waals surface area (Å²) >= 11 is 0. The van der Waals surface area contributed by atoms with E-state index in [1.54, 1.807) is 7.11 Å². The highest BCUT2D eigenvalue weighted by Crippen LogP contribution is 2.50. The van der Waals surface area contributed by atoms with Gasteiger partial charge in [0.05, 0.1) is 18.2 Å². The number of carbonyl (C=O) groups excluding carboxylic acids is 1. The molecule has 4 N–H and O–H groups in total. The van der Waals surface area contributed by atoms with Crippen molar-refractivity contribution < 1.29 is 9.53 Å². The molecule has 0 saturated heterocycles. The first-order valence-electron chi connectivity index (χ1n) is 7.93. The van der Waals surface area contributed by atoms with Crippen LogP contribution in [0.3, 0.4) is 0 Å². The summed E-state index contributed by atoms with van der Waals surface area (Å²) in [5.74, 6) is 5.97. The first-order valence-corrected chi connectivity index (χ1v) is 7.93. The maximum absolute atomic E-state index is 11.4. The van der Waals surface area contributed by atoms with Crippen molar-refractivity contribution in [2.24, 2.45) is 5.84 Å². The molecule has 0 atom stereocenters. The molecule has 1 aromatic heterocycles. The molecule has 0 aliphatic heterocycles. The summed E-state index contributed by atoms with van der Waals surface area (Å²) in [4.78, 5) is 19.7. The van der Waals surface area contributed by atoms with E-state index in [1.807, 2.05) is 43.5 Å². The number of hydrogen-bond donors (Lipinski definition) is 3. The van der Waals surface area contributed by atoms with E-state index in [-0.39, 0.29) is 5.54 Å². The summed E-state index contributed by atoms with van der Waals surface area (Å²) in [6.07, 6.45) is 4.83. The number of nitrogens with zero attached hydrogens (tertiary/aromatic N) is 2.